The first kappa shape index (κ1) is 13.7. The van der Waals surface area contributed by atoms with Gasteiger partial charge in [-0.15, -0.1) is 0 Å². The minimum Gasteiger partial charge on any atom is -0.388 e. The summed E-state index contributed by atoms with van der Waals surface area (Å²) in [5, 5.41) is 13.2. The van der Waals surface area contributed by atoms with Gasteiger partial charge < -0.3 is 15.6 Å². The van der Waals surface area contributed by atoms with Crippen molar-refractivity contribution in [2.45, 2.75) is 6.92 Å². The van der Waals surface area contributed by atoms with Crippen molar-refractivity contribution in [3.63, 3.8) is 0 Å². The molecule has 0 saturated carbocycles. The van der Waals surface area contributed by atoms with E-state index >= 15 is 0 Å². The molecule has 1 amide bonds. The van der Waals surface area contributed by atoms with E-state index in [-0.39, 0.29) is 17.3 Å². The van der Waals surface area contributed by atoms with Crippen molar-refractivity contribution >= 4 is 17.4 Å². The van der Waals surface area contributed by atoms with Crippen LogP contribution in [0.4, 0.5) is 5.69 Å². The third-order valence-electron chi connectivity index (χ3n) is 2.19. The van der Waals surface area contributed by atoms with Crippen LogP contribution in [0.5, 0.6) is 0 Å². The number of nitrogens with two attached hydrogens (primary N) is 1. The minimum atomic E-state index is -0.543. The Morgan fingerprint density at radius 1 is 1.67 bits per heavy atom. The van der Waals surface area contributed by atoms with Crippen molar-refractivity contribution in [3.8, 4) is 0 Å². The summed E-state index contributed by atoms with van der Waals surface area (Å²) in [5.41, 5.74) is 5.46. The number of nitro groups is 1. The summed E-state index contributed by atoms with van der Waals surface area (Å²) < 4.78 is 1.41. The second-order valence-corrected chi connectivity index (χ2v) is 3.73. The van der Waals surface area contributed by atoms with Gasteiger partial charge in [-0.3, -0.25) is 19.9 Å². The molecule has 0 aliphatic heterocycles. The molecule has 0 aliphatic rings. The molecule has 8 heteroatoms. The van der Waals surface area contributed by atoms with E-state index in [0.717, 1.165) is 0 Å². The quantitative estimate of drug-likeness (QED) is 0.253. The van der Waals surface area contributed by atoms with E-state index < -0.39 is 4.92 Å². The highest BCUT2D eigenvalue weighted by atomic mass is 16.6. The topological polar surface area (TPSA) is 116 Å². The van der Waals surface area contributed by atoms with Gasteiger partial charge in [-0.2, -0.15) is 0 Å². The normalized spacial score (nSPS) is 11.3. The van der Waals surface area contributed by atoms with Crippen LogP contribution in [-0.4, -0.2) is 34.3 Å². The molecule has 1 aromatic rings. The number of rotatable bonds is 5. The summed E-state index contributed by atoms with van der Waals surface area (Å²) in [4.78, 5) is 25.6. The number of nitrogens with zero attached hydrogens (tertiary/aromatic N) is 3. The number of aliphatic imine (C=N–C) groups is 1. The molecular weight excluding hydrogens is 238 g/mol. The third-order valence-corrected chi connectivity index (χ3v) is 2.19. The second kappa shape index (κ2) is 5.80. The number of hydrogen-bond donors (Lipinski definition) is 2. The predicted molar refractivity (Wildman–Crippen MR) is 66.6 cm³/mol. The van der Waals surface area contributed by atoms with Gasteiger partial charge in [0.1, 0.15) is 5.69 Å². The third kappa shape index (κ3) is 3.58. The largest absolute Gasteiger partial charge is 0.388 e. The van der Waals surface area contributed by atoms with Crippen LogP contribution in [0.15, 0.2) is 17.3 Å². The van der Waals surface area contributed by atoms with E-state index in [4.69, 9.17) is 5.73 Å². The lowest BCUT2D eigenvalue weighted by Gasteiger charge is -2.03. The first-order valence-electron chi connectivity index (χ1n) is 5.27. The van der Waals surface area contributed by atoms with Gasteiger partial charge in [-0.25, -0.2) is 0 Å². The van der Waals surface area contributed by atoms with Crippen molar-refractivity contribution in [1.82, 2.24) is 9.88 Å². The average Bonchev–Trinajstić information content (AvgIpc) is 2.66. The molecule has 0 bridgehead atoms. The molecule has 98 valence electrons. The molecule has 8 nitrogen and oxygen atoms in total. The number of nitrogens with one attached hydrogen (secondary N) is 1. The Kier molecular flexibility index (Phi) is 4.41. The molecule has 0 aliphatic carbocycles. The van der Waals surface area contributed by atoms with Gasteiger partial charge in [-0.05, 0) is 6.92 Å². The fraction of sp³-hybridized carbons (Fsp3) is 0.400. The van der Waals surface area contributed by atoms with E-state index in [1.165, 1.54) is 16.8 Å². The van der Waals surface area contributed by atoms with E-state index in [1.807, 2.05) is 0 Å². The number of carbonyl (C=O) groups is 1. The van der Waals surface area contributed by atoms with Gasteiger partial charge in [0.05, 0.1) is 23.5 Å². The van der Waals surface area contributed by atoms with Crippen LogP contribution >= 0.6 is 0 Å². The van der Waals surface area contributed by atoms with Gasteiger partial charge in [0.15, 0.2) is 0 Å². The standard InChI is InChI=1S/C10H15N5O3/c1-7(11)12-3-4-13-10(16)9-5-8(15(17)18)6-14(9)2/h5-6H,3-4H2,1-2H3,(H2,11,12)(H,13,16). The summed E-state index contributed by atoms with van der Waals surface area (Å²) in [5.74, 6) is 0.0641. The fourth-order valence-corrected chi connectivity index (χ4v) is 1.36. The van der Waals surface area contributed by atoms with Crippen molar-refractivity contribution in [2.24, 2.45) is 17.8 Å². The van der Waals surface area contributed by atoms with Crippen LogP contribution in [0.2, 0.25) is 0 Å². The van der Waals surface area contributed by atoms with Gasteiger partial charge in [0.2, 0.25) is 0 Å². The molecule has 1 aromatic heterocycles. The van der Waals surface area contributed by atoms with Crippen LogP contribution in [0.1, 0.15) is 17.4 Å². The number of hydrogen-bond acceptors (Lipinski definition) is 4. The zero-order valence-electron chi connectivity index (χ0n) is 10.2. The maximum Gasteiger partial charge on any atom is 0.287 e. The zero-order valence-corrected chi connectivity index (χ0v) is 10.2. The van der Waals surface area contributed by atoms with E-state index in [1.54, 1.807) is 14.0 Å². The first-order valence-corrected chi connectivity index (χ1v) is 5.27. The first-order chi connectivity index (χ1) is 8.41. The maximum absolute atomic E-state index is 11.7. The number of amidine groups is 1. The molecule has 1 rings (SSSR count). The fourth-order valence-electron chi connectivity index (χ4n) is 1.36. The highest BCUT2D eigenvalue weighted by molar-refractivity contribution is 5.93. The summed E-state index contributed by atoms with van der Waals surface area (Å²) in [6.45, 7) is 2.36. The molecule has 0 aromatic carbocycles. The van der Waals surface area contributed by atoms with Gasteiger partial charge >= 0.3 is 0 Å². The van der Waals surface area contributed by atoms with Crippen molar-refractivity contribution in [1.29, 1.82) is 0 Å². The minimum absolute atomic E-state index is 0.113. The zero-order chi connectivity index (χ0) is 13.7. The molecule has 0 spiro atoms. The van der Waals surface area contributed by atoms with Crippen LogP contribution < -0.4 is 11.1 Å². The maximum atomic E-state index is 11.7. The number of amides is 1. The van der Waals surface area contributed by atoms with Crippen molar-refractivity contribution < 1.29 is 9.72 Å². The Morgan fingerprint density at radius 3 is 2.83 bits per heavy atom. The lowest BCUT2D eigenvalue weighted by Crippen LogP contribution is -2.28. The van der Waals surface area contributed by atoms with Gasteiger partial charge in [0, 0.05) is 19.7 Å². The molecule has 0 atom stereocenters. The average molecular weight is 253 g/mol. The lowest BCUT2D eigenvalue weighted by molar-refractivity contribution is -0.384. The van der Waals surface area contributed by atoms with E-state index in [2.05, 4.69) is 10.3 Å². The SMILES string of the molecule is CC(N)=NCCNC(=O)c1cc([N+](=O)[O-])cn1C. The van der Waals surface area contributed by atoms with E-state index in [9.17, 15) is 14.9 Å². The molecule has 0 saturated heterocycles. The molecule has 0 unspecified atom stereocenters. The molecule has 0 radical (unpaired) electrons. The van der Waals surface area contributed by atoms with Crippen LogP contribution in [0, 0.1) is 10.1 Å². The summed E-state index contributed by atoms with van der Waals surface area (Å²) in [7, 11) is 1.57. The van der Waals surface area contributed by atoms with Crippen LogP contribution in [-0.2, 0) is 7.05 Å². The summed E-state index contributed by atoms with van der Waals surface area (Å²) >= 11 is 0. The van der Waals surface area contributed by atoms with E-state index in [0.29, 0.717) is 18.9 Å². The monoisotopic (exact) mass is 253 g/mol. The number of aryl methyl sites for hydroxylation is 1. The van der Waals surface area contributed by atoms with Crippen molar-refractivity contribution in [2.75, 3.05) is 13.1 Å². The van der Waals surface area contributed by atoms with Crippen molar-refractivity contribution in [3.05, 3.63) is 28.1 Å². The Hall–Kier alpha value is -2.38. The lowest BCUT2D eigenvalue weighted by atomic mass is 10.4. The Bertz CT molecular complexity index is 488. The predicted octanol–water partition coefficient (Wildman–Crippen LogP) is 0.0402. The van der Waals surface area contributed by atoms with Crippen LogP contribution in [0.3, 0.4) is 0 Å². The smallest absolute Gasteiger partial charge is 0.287 e. The second-order valence-electron chi connectivity index (χ2n) is 3.73. The van der Waals surface area contributed by atoms with Crippen LogP contribution in [0.25, 0.3) is 0 Å². The summed E-state index contributed by atoms with van der Waals surface area (Å²) in [6.07, 6.45) is 1.29. The summed E-state index contributed by atoms with van der Waals surface area (Å²) in [6, 6.07) is 1.23. The highest BCUT2D eigenvalue weighted by Crippen LogP contribution is 2.14. The van der Waals surface area contributed by atoms with Gasteiger partial charge in [-0.1, -0.05) is 0 Å². The Morgan fingerprint density at radius 2 is 2.33 bits per heavy atom. The molecule has 18 heavy (non-hydrogen) atoms. The Balaban J connectivity index is 2.62. The molecule has 0 fully saturated rings. The number of aromatic nitrogens is 1. The highest BCUT2D eigenvalue weighted by Gasteiger charge is 2.16. The molecule has 1 heterocycles. The number of carbonyl (C=O) groups excluding carboxylic acids is 1. The molecular formula is C10H15N5O3. The molecule has 3 N–H and O–H groups in total. The van der Waals surface area contributed by atoms with Gasteiger partial charge in [0.25, 0.3) is 11.6 Å². The Labute approximate surface area is 104 Å².